The minimum absolute atomic E-state index is 0.0982. The largest absolute Gasteiger partial charge is 0.395 e. The second-order valence-electron chi connectivity index (χ2n) is 5.64. The first-order valence-corrected chi connectivity index (χ1v) is 8.00. The van der Waals surface area contributed by atoms with Gasteiger partial charge in [0.05, 0.1) is 12.2 Å². The lowest BCUT2D eigenvalue weighted by molar-refractivity contribution is 0.102. The van der Waals surface area contributed by atoms with Crippen LogP contribution in [0.15, 0.2) is 67.1 Å². The van der Waals surface area contributed by atoms with Gasteiger partial charge < -0.3 is 19.9 Å². The van der Waals surface area contributed by atoms with E-state index in [4.69, 9.17) is 5.11 Å². The molecule has 25 heavy (non-hydrogen) atoms. The number of carbonyl (C=O) groups is 1. The van der Waals surface area contributed by atoms with Crippen LogP contribution in [-0.2, 0) is 0 Å². The minimum Gasteiger partial charge on any atom is -0.395 e. The average molecular weight is 336 g/mol. The highest BCUT2D eigenvalue weighted by Crippen LogP contribution is 2.17. The van der Waals surface area contributed by atoms with E-state index in [9.17, 15) is 4.79 Å². The second kappa shape index (κ2) is 7.63. The summed E-state index contributed by atoms with van der Waals surface area (Å²) >= 11 is 0. The SMILES string of the molecule is CN(CCO)c1ccc(NC(=O)c2ccc(-n3cccc3)nc2)cc1. The molecule has 0 aliphatic rings. The zero-order valence-electron chi connectivity index (χ0n) is 14.0. The summed E-state index contributed by atoms with van der Waals surface area (Å²) in [5.41, 5.74) is 2.18. The molecule has 1 amide bonds. The number of aliphatic hydroxyl groups excluding tert-OH is 1. The summed E-state index contributed by atoms with van der Waals surface area (Å²) in [5, 5.41) is 11.8. The number of hydrogen-bond donors (Lipinski definition) is 2. The Balaban J connectivity index is 1.65. The Hall–Kier alpha value is -3.12. The van der Waals surface area contributed by atoms with E-state index in [2.05, 4.69) is 10.3 Å². The molecule has 128 valence electrons. The van der Waals surface area contributed by atoms with E-state index in [1.54, 1.807) is 12.3 Å². The number of aromatic nitrogens is 2. The molecule has 0 radical (unpaired) electrons. The van der Waals surface area contributed by atoms with Gasteiger partial charge in [0.2, 0.25) is 0 Å². The van der Waals surface area contributed by atoms with E-state index in [1.165, 1.54) is 0 Å². The maximum atomic E-state index is 12.3. The number of benzene rings is 1. The van der Waals surface area contributed by atoms with Crippen LogP contribution in [-0.4, -0.2) is 40.8 Å². The van der Waals surface area contributed by atoms with Gasteiger partial charge in [-0.1, -0.05) is 0 Å². The Kier molecular flexibility index (Phi) is 5.11. The Morgan fingerprint density at radius 1 is 1.16 bits per heavy atom. The molecule has 0 saturated carbocycles. The maximum absolute atomic E-state index is 12.3. The number of nitrogens with one attached hydrogen (secondary N) is 1. The average Bonchev–Trinajstić information content (AvgIpc) is 3.17. The number of anilines is 2. The van der Waals surface area contributed by atoms with Crippen molar-refractivity contribution in [1.82, 2.24) is 9.55 Å². The van der Waals surface area contributed by atoms with Crippen molar-refractivity contribution in [2.24, 2.45) is 0 Å². The lowest BCUT2D eigenvalue weighted by atomic mass is 10.2. The number of nitrogens with zero attached hydrogens (tertiary/aromatic N) is 3. The van der Waals surface area contributed by atoms with E-state index in [0.717, 1.165) is 11.5 Å². The molecule has 3 aromatic rings. The zero-order chi connectivity index (χ0) is 17.6. The molecule has 0 spiro atoms. The molecule has 0 fully saturated rings. The van der Waals surface area contributed by atoms with Crippen LogP contribution < -0.4 is 10.2 Å². The van der Waals surface area contributed by atoms with Gasteiger partial charge in [-0.05, 0) is 48.5 Å². The fraction of sp³-hybridized carbons (Fsp3) is 0.158. The number of carbonyl (C=O) groups excluding carboxylic acids is 1. The van der Waals surface area contributed by atoms with Crippen LogP contribution in [0.5, 0.6) is 0 Å². The smallest absolute Gasteiger partial charge is 0.257 e. The quantitative estimate of drug-likeness (QED) is 0.726. The molecule has 3 rings (SSSR count). The molecule has 0 unspecified atom stereocenters. The number of aliphatic hydroxyl groups is 1. The fourth-order valence-corrected chi connectivity index (χ4v) is 2.44. The highest BCUT2D eigenvalue weighted by atomic mass is 16.3. The summed E-state index contributed by atoms with van der Waals surface area (Å²) in [4.78, 5) is 18.6. The molecule has 6 nitrogen and oxygen atoms in total. The first-order chi connectivity index (χ1) is 12.2. The second-order valence-corrected chi connectivity index (χ2v) is 5.64. The summed E-state index contributed by atoms with van der Waals surface area (Å²) in [6.07, 6.45) is 5.36. The van der Waals surface area contributed by atoms with Crippen LogP contribution in [0.1, 0.15) is 10.4 Å². The van der Waals surface area contributed by atoms with Crippen molar-refractivity contribution in [3.05, 3.63) is 72.7 Å². The molecule has 0 bridgehead atoms. The van der Waals surface area contributed by atoms with Gasteiger partial charge in [0.15, 0.2) is 0 Å². The van der Waals surface area contributed by atoms with Gasteiger partial charge in [0.1, 0.15) is 5.82 Å². The highest BCUT2D eigenvalue weighted by Gasteiger charge is 2.08. The number of rotatable bonds is 6. The van der Waals surface area contributed by atoms with Crippen molar-refractivity contribution in [1.29, 1.82) is 0 Å². The van der Waals surface area contributed by atoms with E-state index < -0.39 is 0 Å². The van der Waals surface area contributed by atoms with Crippen molar-refractivity contribution in [3.8, 4) is 5.82 Å². The summed E-state index contributed by atoms with van der Waals surface area (Å²) in [5.74, 6) is 0.556. The van der Waals surface area contributed by atoms with Crippen LogP contribution >= 0.6 is 0 Å². The third-order valence-corrected chi connectivity index (χ3v) is 3.88. The van der Waals surface area contributed by atoms with Gasteiger partial charge in [-0.15, -0.1) is 0 Å². The Bertz CT molecular complexity index is 812. The number of amides is 1. The van der Waals surface area contributed by atoms with Crippen molar-refractivity contribution in [3.63, 3.8) is 0 Å². The topological polar surface area (TPSA) is 70.4 Å². The highest BCUT2D eigenvalue weighted by molar-refractivity contribution is 6.04. The molecule has 6 heteroatoms. The van der Waals surface area contributed by atoms with Crippen molar-refractivity contribution < 1.29 is 9.90 Å². The minimum atomic E-state index is -0.206. The van der Waals surface area contributed by atoms with Crippen LogP contribution in [0, 0.1) is 0 Å². The Labute approximate surface area is 146 Å². The van der Waals surface area contributed by atoms with Crippen LogP contribution in [0.2, 0.25) is 0 Å². The lowest BCUT2D eigenvalue weighted by Gasteiger charge is -2.18. The predicted octanol–water partition coefficient (Wildman–Crippen LogP) is 2.55. The summed E-state index contributed by atoms with van der Waals surface area (Å²) in [7, 11) is 1.90. The van der Waals surface area contributed by atoms with Crippen LogP contribution in [0.4, 0.5) is 11.4 Å². The molecule has 2 aromatic heterocycles. The van der Waals surface area contributed by atoms with E-state index in [0.29, 0.717) is 17.8 Å². The zero-order valence-corrected chi connectivity index (χ0v) is 14.0. The molecule has 2 heterocycles. The van der Waals surface area contributed by atoms with Gasteiger partial charge >= 0.3 is 0 Å². The maximum Gasteiger partial charge on any atom is 0.257 e. The molecule has 0 atom stereocenters. The molecule has 0 aliphatic heterocycles. The number of likely N-dealkylation sites (N-methyl/N-ethyl adjacent to an activating group) is 1. The lowest BCUT2D eigenvalue weighted by Crippen LogP contribution is -2.21. The van der Waals surface area contributed by atoms with Gasteiger partial charge in [0, 0.05) is 43.6 Å². The normalized spacial score (nSPS) is 10.5. The molecule has 0 saturated heterocycles. The third kappa shape index (κ3) is 4.05. The molecular formula is C19H20N4O2. The molecular weight excluding hydrogens is 316 g/mol. The first kappa shape index (κ1) is 16.7. The molecule has 1 aromatic carbocycles. The first-order valence-electron chi connectivity index (χ1n) is 8.00. The summed E-state index contributed by atoms with van der Waals surface area (Å²) in [6, 6.07) is 14.9. The Morgan fingerprint density at radius 3 is 2.48 bits per heavy atom. The predicted molar refractivity (Wildman–Crippen MR) is 98.3 cm³/mol. The van der Waals surface area contributed by atoms with Crippen molar-refractivity contribution in [2.75, 3.05) is 30.4 Å². The van der Waals surface area contributed by atoms with E-state index in [-0.39, 0.29) is 12.5 Å². The Morgan fingerprint density at radius 2 is 1.88 bits per heavy atom. The molecule has 2 N–H and O–H groups in total. The number of hydrogen-bond acceptors (Lipinski definition) is 4. The van der Waals surface area contributed by atoms with E-state index in [1.807, 2.05) is 71.4 Å². The van der Waals surface area contributed by atoms with Gasteiger partial charge in [-0.2, -0.15) is 0 Å². The number of pyridine rings is 1. The van der Waals surface area contributed by atoms with Crippen molar-refractivity contribution in [2.45, 2.75) is 0 Å². The standard InChI is InChI=1S/C19H20N4O2/c1-22(12-13-24)17-7-5-16(6-8-17)21-19(25)15-4-9-18(20-14-15)23-10-2-3-11-23/h2-11,14,24H,12-13H2,1H3,(H,21,25). The van der Waals surface area contributed by atoms with Crippen LogP contribution in [0.25, 0.3) is 5.82 Å². The summed E-state index contributed by atoms with van der Waals surface area (Å²) in [6.45, 7) is 0.659. The molecule has 0 aliphatic carbocycles. The summed E-state index contributed by atoms with van der Waals surface area (Å²) < 4.78 is 1.88. The van der Waals surface area contributed by atoms with Crippen LogP contribution in [0.3, 0.4) is 0 Å². The van der Waals surface area contributed by atoms with E-state index >= 15 is 0 Å². The van der Waals surface area contributed by atoms with Crippen molar-refractivity contribution >= 4 is 17.3 Å². The monoisotopic (exact) mass is 336 g/mol. The van der Waals surface area contributed by atoms with Gasteiger partial charge in [-0.25, -0.2) is 4.98 Å². The fourth-order valence-electron chi connectivity index (χ4n) is 2.44. The van der Waals surface area contributed by atoms with Gasteiger partial charge in [-0.3, -0.25) is 4.79 Å². The third-order valence-electron chi connectivity index (χ3n) is 3.88. The van der Waals surface area contributed by atoms with Gasteiger partial charge in [0.25, 0.3) is 5.91 Å².